The molecule has 0 amide bonds. The quantitative estimate of drug-likeness (QED) is 0.700. The van der Waals surface area contributed by atoms with Crippen LogP contribution in [0.15, 0.2) is 10.5 Å². The maximum atomic E-state index is 6.01. The lowest BCUT2D eigenvalue weighted by atomic mass is 10.3. The highest BCUT2D eigenvalue weighted by atomic mass is 127. The molecule has 17 heavy (non-hydrogen) atoms. The van der Waals surface area contributed by atoms with Crippen LogP contribution < -0.4 is 5.73 Å². The molecule has 0 aliphatic heterocycles. The van der Waals surface area contributed by atoms with Crippen LogP contribution in [0.1, 0.15) is 12.6 Å². The third kappa shape index (κ3) is 2.74. The first-order valence-corrected chi connectivity index (χ1v) is 7.86. The van der Waals surface area contributed by atoms with Gasteiger partial charge in [-0.2, -0.15) is 0 Å². The normalized spacial score (nSPS) is 10.8. The number of halogens is 3. The molecule has 7 heteroatoms. The lowest BCUT2D eigenvalue weighted by molar-refractivity contribution is 0.996. The highest BCUT2D eigenvalue weighted by Gasteiger charge is 2.13. The monoisotopic (exact) mass is 443 g/mol. The minimum atomic E-state index is 0.521. The number of nitrogen functional groups attached to an aromatic ring is 1. The van der Waals surface area contributed by atoms with Crippen molar-refractivity contribution in [3.63, 3.8) is 0 Å². The van der Waals surface area contributed by atoms with Gasteiger partial charge >= 0.3 is 0 Å². The smallest absolute Gasteiger partial charge is 0.172 e. The summed E-state index contributed by atoms with van der Waals surface area (Å²) >= 11 is 13.0. The molecule has 0 aliphatic rings. The molecule has 3 nitrogen and oxygen atoms in total. The Balaban J connectivity index is 2.56. The summed E-state index contributed by atoms with van der Waals surface area (Å²) in [6.07, 6.45) is 0.832. The molecule has 0 saturated heterocycles. The van der Waals surface area contributed by atoms with Crippen LogP contribution in [0.3, 0.4) is 0 Å². The summed E-state index contributed by atoms with van der Waals surface area (Å²) < 4.78 is 2.48. The SMILES string of the molecule is CCc1nc(-c2cc(Br)c(Cl)s2)nc(N)c1I. The molecule has 2 heterocycles. The van der Waals surface area contributed by atoms with Crippen LogP contribution in [0.5, 0.6) is 0 Å². The second-order valence-electron chi connectivity index (χ2n) is 3.28. The molecule has 0 fully saturated rings. The van der Waals surface area contributed by atoms with Crippen LogP contribution in [-0.2, 0) is 6.42 Å². The number of nitrogens with two attached hydrogens (primary N) is 1. The van der Waals surface area contributed by atoms with E-state index in [-0.39, 0.29) is 0 Å². The molecule has 0 bridgehead atoms. The number of hydrogen-bond acceptors (Lipinski definition) is 4. The van der Waals surface area contributed by atoms with E-state index in [1.54, 1.807) is 0 Å². The molecule has 0 saturated carbocycles. The molecule has 0 spiro atoms. The van der Waals surface area contributed by atoms with Crippen molar-refractivity contribution in [1.29, 1.82) is 0 Å². The van der Waals surface area contributed by atoms with Crippen LogP contribution in [-0.4, -0.2) is 9.97 Å². The first kappa shape index (κ1) is 13.5. The van der Waals surface area contributed by atoms with Gasteiger partial charge in [-0.3, -0.25) is 0 Å². The molecule has 0 aromatic carbocycles. The Morgan fingerprint density at radius 2 is 2.24 bits per heavy atom. The summed E-state index contributed by atoms with van der Waals surface area (Å²) in [7, 11) is 0. The summed E-state index contributed by atoms with van der Waals surface area (Å²) in [5.74, 6) is 1.16. The Morgan fingerprint density at radius 1 is 1.53 bits per heavy atom. The number of aryl methyl sites for hydroxylation is 1. The summed E-state index contributed by atoms with van der Waals surface area (Å²) in [5, 5.41) is 0. The van der Waals surface area contributed by atoms with Crippen LogP contribution in [0.25, 0.3) is 10.7 Å². The van der Waals surface area contributed by atoms with Gasteiger partial charge in [-0.05, 0) is 51.0 Å². The predicted molar refractivity (Wildman–Crippen MR) is 84.6 cm³/mol. The van der Waals surface area contributed by atoms with Crippen LogP contribution in [0.4, 0.5) is 5.82 Å². The van der Waals surface area contributed by atoms with E-state index in [4.69, 9.17) is 17.3 Å². The molecule has 2 rings (SSSR count). The minimum Gasteiger partial charge on any atom is -0.383 e. The fourth-order valence-electron chi connectivity index (χ4n) is 1.31. The van der Waals surface area contributed by atoms with E-state index in [0.717, 1.165) is 25.0 Å². The van der Waals surface area contributed by atoms with Crippen molar-refractivity contribution < 1.29 is 0 Å². The Kier molecular flexibility index (Phi) is 4.27. The lowest BCUT2D eigenvalue weighted by Gasteiger charge is -2.05. The number of nitrogens with zero attached hydrogens (tertiary/aromatic N) is 2. The molecule has 0 atom stereocenters. The zero-order valence-electron chi connectivity index (χ0n) is 8.80. The van der Waals surface area contributed by atoms with Crippen molar-refractivity contribution in [2.24, 2.45) is 0 Å². The third-order valence-electron chi connectivity index (χ3n) is 2.15. The number of thiophene rings is 1. The zero-order valence-corrected chi connectivity index (χ0v) is 14.1. The van der Waals surface area contributed by atoms with Crippen molar-refractivity contribution in [2.45, 2.75) is 13.3 Å². The van der Waals surface area contributed by atoms with Gasteiger partial charge < -0.3 is 5.73 Å². The van der Waals surface area contributed by atoms with Crippen molar-refractivity contribution in [1.82, 2.24) is 9.97 Å². The van der Waals surface area contributed by atoms with Gasteiger partial charge in [0, 0.05) is 4.47 Å². The van der Waals surface area contributed by atoms with E-state index in [0.29, 0.717) is 16.0 Å². The van der Waals surface area contributed by atoms with Crippen molar-refractivity contribution >= 4 is 67.3 Å². The molecule has 0 unspecified atom stereocenters. The standard InChI is InChI=1S/C10H8BrClIN3S/c1-2-5-7(13)9(14)16-10(15-5)6-3-4(11)8(12)17-6/h3H,2H2,1H3,(H2,14,15,16). The molecule has 2 aromatic rings. The van der Waals surface area contributed by atoms with Gasteiger partial charge in [0.25, 0.3) is 0 Å². The maximum Gasteiger partial charge on any atom is 0.172 e. The first-order valence-electron chi connectivity index (χ1n) is 4.80. The predicted octanol–water partition coefficient (Wildman–Crippen LogP) is 4.37. The van der Waals surface area contributed by atoms with Gasteiger partial charge in [0.2, 0.25) is 0 Å². The van der Waals surface area contributed by atoms with E-state index < -0.39 is 0 Å². The number of hydrogen-bond donors (Lipinski definition) is 1. The zero-order chi connectivity index (χ0) is 12.6. The highest BCUT2D eigenvalue weighted by Crippen LogP contribution is 2.37. The van der Waals surface area contributed by atoms with Crippen molar-refractivity contribution in [3.05, 3.63) is 24.1 Å². The molecule has 0 radical (unpaired) electrons. The molecular weight excluding hydrogens is 436 g/mol. The highest BCUT2D eigenvalue weighted by molar-refractivity contribution is 14.1. The van der Waals surface area contributed by atoms with E-state index in [2.05, 4.69) is 48.5 Å². The molecule has 2 aromatic heterocycles. The first-order chi connectivity index (χ1) is 8.02. The van der Waals surface area contributed by atoms with E-state index >= 15 is 0 Å². The molecule has 2 N–H and O–H groups in total. The fraction of sp³-hybridized carbons (Fsp3) is 0.200. The minimum absolute atomic E-state index is 0.521. The lowest BCUT2D eigenvalue weighted by Crippen LogP contribution is -2.03. The summed E-state index contributed by atoms with van der Waals surface area (Å²) in [6, 6.07) is 1.91. The number of rotatable bonds is 2. The van der Waals surface area contributed by atoms with Gasteiger partial charge in [0.1, 0.15) is 10.2 Å². The van der Waals surface area contributed by atoms with E-state index in [1.807, 2.05) is 13.0 Å². The van der Waals surface area contributed by atoms with Crippen LogP contribution in [0, 0.1) is 3.57 Å². The Labute approximate surface area is 130 Å². The van der Waals surface area contributed by atoms with Gasteiger partial charge in [0.15, 0.2) is 5.82 Å². The largest absolute Gasteiger partial charge is 0.383 e. The van der Waals surface area contributed by atoms with Gasteiger partial charge in [0.05, 0.1) is 14.1 Å². The van der Waals surface area contributed by atoms with E-state index in [9.17, 15) is 0 Å². The van der Waals surface area contributed by atoms with Crippen molar-refractivity contribution in [3.8, 4) is 10.7 Å². The van der Waals surface area contributed by atoms with Gasteiger partial charge in [-0.1, -0.05) is 18.5 Å². The molecule has 0 aliphatic carbocycles. The summed E-state index contributed by atoms with van der Waals surface area (Å²) in [5.41, 5.74) is 6.85. The fourth-order valence-corrected chi connectivity index (χ4v) is 3.57. The van der Waals surface area contributed by atoms with Crippen LogP contribution >= 0.6 is 61.5 Å². The number of aromatic nitrogens is 2. The number of anilines is 1. The maximum absolute atomic E-state index is 6.01. The summed E-state index contributed by atoms with van der Waals surface area (Å²) in [6.45, 7) is 2.05. The topological polar surface area (TPSA) is 51.8 Å². The molecule has 90 valence electrons. The van der Waals surface area contributed by atoms with E-state index in [1.165, 1.54) is 11.3 Å². The Bertz CT molecular complexity index is 553. The second kappa shape index (κ2) is 5.38. The second-order valence-corrected chi connectivity index (χ2v) is 6.87. The summed E-state index contributed by atoms with van der Waals surface area (Å²) in [4.78, 5) is 9.72. The Morgan fingerprint density at radius 3 is 2.76 bits per heavy atom. The average Bonchev–Trinajstić information content (AvgIpc) is 2.63. The van der Waals surface area contributed by atoms with Crippen molar-refractivity contribution in [2.75, 3.05) is 5.73 Å². The van der Waals surface area contributed by atoms with Crippen LogP contribution in [0.2, 0.25) is 4.34 Å². The Hall–Kier alpha value is 0.0800. The van der Waals surface area contributed by atoms with Gasteiger partial charge in [-0.15, -0.1) is 11.3 Å². The molecular formula is C10H8BrClIN3S. The average molecular weight is 445 g/mol. The third-order valence-corrected chi connectivity index (χ3v) is 5.79. The van der Waals surface area contributed by atoms with Gasteiger partial charge in [-0.25, -0.2) is 9.97 Å².